The summed E-state index contributed by atoms with van der Waals surface area (Å²) in [4.78, 5) is 2.70. The molecule has 0 aromatic heterocycles. The first-order valence-electron chi connectivity index (χ1n) is 11.0. The summed E-state index contributed by atoms with van der Waals surface area (Å²) in [5, 5.41) is 3.58. The number of hydrogen-bond donors (Lipinski definition) is 1. The molecule has 1 fully saturated rings. The highest BCUT2D eigenvalue weighted by atomic mass is 15.1. The monoisotopic (exact) mass is 368 g/mol. The first-order valence-corrected chi connectivity index (χ1v) is 11.0. The number of rotatable bonds is 5. The molecular weight excluding hydrogens is 328 g/mol. The molecule has 2 nitrogen and oxygen atoms in total. The first-order chi connectivity index (χ1) is 12.7. The maximum absolute atomic E-state index is 4.39. The van der Waals surface area contributed by atoms with Gasteiger partial charge in [-0.05, 0) is 87.5 Å². The van der Waals surface area contributed by atoms with Crippen LogP contribution in [0.1, 0.15) is 83.8 Å². The average molecular weight is 369 g/mol. The van der Waals surface area contributed by atoms with Gasteiger partial charge in [-0.15, -0.1) is 0 Å². The molecule has 1 atom stereocenters. The SMILES string of the molecule is C=C(NC(C)C)C1CCC2(CCN(CCC(C)(C)C)CC2)c2ccccc21. The van der Waals surface area contributed by atoms with E-state index in [1.807, 2.05) is 0 Å². The van der Waals surface area contributed by atoms with Crippen molar-refractivity contribution in [3.05, 3.63) is 47.7 Å². The maximum Gasteiger partial charge on any atom is 0.0234 e. The van der Waals surface area contributed by atoms with Gasteiger partial charge in [-0.1, -0.05) is 51.6 Å². The predicted octanol–water partition coefficient (Wildman–Crippen LogP) is 5.85. The van der Waals surface area contributed by atoms with Gasteiger partial charge in [0.25, 0.3) is 0 Å². The fourth-order valence-corrected chi connectivity index (χ4v) is 5.05. The minimum Gasteiger partial charge on any atom is -0.386 e. The normalized spacial score (nSPS) is 22.7. The highest BCUT2D eigenvalue weighted by Crippen LogP contribution is 2.50. The molecule has 1 N–H and O–H groups in total. The van der Waals surface area contributed by atoms with Crippen molar-refractivity contribution in [1.82, 2.24) is 10.2 Å². The van der Waals surface area contributed by atoms with E-state index in [1.165, 1.54) is 63.0 Å². The van der Waals surface area contributed by atoms with Gasteiger partial charge in [0.2, 0.25) is 0 Å². The third-order valence-corrected chi connectivity index (χ3v) is 6.71. The van der Waals surface area contributed by atoms with Crippen LogP contribution >= 0.6 is 0 Å². The van der Waals surface area contributed by atoms with Crippen molar-refractivity contribution >= 4 is 0 Å². The summed E-state index contributed by atoms with van der Waals surface area (Å²) in [6, 6.07) is 9.68. The average Bonchev–Trinajstić information content (AvgIpc) is 2.60. The Kier molecular flexibility index (Phi) is 6.05. The van der Waals surface area contributed by atoms with Gasteiger partial charge in [-0.2, -0.15) is 0 Å². The molecule has 1 heterocycles. The second-order valence-electron chi connectivity index (χ2n) is 10.4. The van der Waals surface area contributed by atoms with Gasteiger partial charge in [0, 0.05) is 17.7 Å². The zero-order valence-electron chi connectivity index (χ0n) is 18.3. The molecule has 1 aliphatic heterocycles. The molecule has 0 saturated carbocycles. The van der Waals surface area contributed by atoms with Crippen LogP contribution in [0.2, 0.25) is 0 Å². The summed E-state index contributed by atoms with van der Waals surface area (Å²) >= 11 is 0. The van der Waals surface area contributed by atoms with Crippen LogP contribution in [0.5, 0.6) is 0 Å². The van der Waals surface area contributed by atoms with Gasteiger partial charge in [-0.3, -0.25) is 0 Å². The zero-order chi connectivity index (χ0) is 19.7. The lowest BCUT2D eigenvalue weighted by Gasteiger charge is -2.48. The summed E-state index contributed by atoms with van der Waals surface area (Å²) in [7, 11) is 0. The van der Waals surface area contributed by atoms with Crippen LogP contribution in [0.15, 0.2) is 36.5 Å². The molecule has 1 unspecified atom stereocenters. The topological polar surface area (TPSA) is 15.3 Å². The van der Waals surface area contributed by atoms with Crippen LogP contribution < -0.4 is 5.32 Å². The van der Waals surface area contributed by atoms with E-state index in [0.717, 1.165) is 0 Å². The lowest BCUT2D eigenvalue weighted by atomic mass is 9.62. The van der Waals surface area contributed by atoms with Crippen LogP contribution in [0.4, 0.5) is 0 Å². The van der Waals surface area contributed by atoms with Gasteiger partial charge in [0.05, 0.1) is 0 Å². The molecule has 1 aliphatic carbocycles. The van der Waals surface area contributed by atoms with E-state index in [0.29, 0.717) is 22.8 Å². The molecule has 0 radical (unpaired) electrons. The lowest BCUT2D eigenvalue weighted by molar-refractivity contribution is 0.129. The Morgan fingerprint density at radius 3 is 2.48 bits per heavy atom. The zero-order valence-corrected chi connectivity index (χ0v) is 18.3. The minimum atomic E-state index is 0.392. The van der Waals surface area contributed by atoms with E-state index >= 15 is 0 Å². The van der Waals surface area contributed by atoms with Crippen molar-refractivity contribution in [2.45, 2.75) is 84.1 Å². The maximum atomic E-state index is 4.39. The number of nitrogens with one attached hydrogen (secondary N) is 1. The standard InChI is InChI=1S/C25H40N2/c1-19(2)26-20(3)21-11-12-25(23-10-8-7-9-22(21)23)14-17-27(18-15-25)16-13-24(4,5)6/h7-10,19,21,26H,3,11-18H2,1-2,4-6H3. The van der Waals surface area contributed by atoms with Gasteiger partial charge in [-0.25, -0.2) is 0 Å². The van der Waals surface area contributed by atoms with Gasteiger partial charge < -0.3 is 10.2 Å². The highest BCUT2D eigenvalue weighted by Gasteiger charge is 2.42. The van der Waals surface area contributed by atoms with Gasteiger partial charge in [0.1, 0.15) is 0 Å². The second kappa shape index (κ2) is 7.99. The van der Waals surface area contributed by atoms with Gasteiger partial charge >= 0.3 is 0 Å². The number of fused-ring (bicyclic) bond motifs is 2. The number of nitrogens with zero attached hydrogens (tertiary/aromatic N) is 1. The molecule has 2 aliphatic rings. The smallest absolute Gasteiger partial charge is 0.0234 e. The molecular formula is C25H40N2. The molecule has 150 valence electrons. The minimum absolute atomic E-state index is 0.392. The number of allylic oxidation sites excluding steroid dienone is 1. The Hall–Kier alpha value is -1.28. The molecule has 2 heteroatoms. The number of piperidine rings is 1. The summed E-state index contributed by atoms with van der Waals surface area (Å²) in [5.41, 5.74) is 5.18. The third-order valence-electron chi connectivity index (χ3n) is 6.71. The molecule has 0 bridgehead atoms. The van der Waals surface area contributed by atoms with E-state index in [1.54, 1.807) is 5.56 Å². The van der Waals surface area contributed by atoms with E-state index in [2.05, 4.69) is 75.7 Å². The van der Waals surface area contributed by atoms with Crippen molar-refractivity contribution < 1.29 is 0 Å². The third kappa shape index (κ3) is 4.77. The molecule has 3 rings (SSSR count). The predicted molar refractivity (Wildman–Crippen MR) is 117 cm³/mol. The molecule has 1 aromatic carbocycles. The Balaban J connectivity index is 1.73. The summed E-state index contributed by atoms with van der Waals surface area (Å²) in [5.74, 6) is 0.466. The van der Waals surface area contributed by atoms with Crippen molar-refractivity contribution in [3.8, 4) is 0 Å². The summed E-state index contributed by atoms with van der Waals surface area (Å²) in [6.45, 7) is 19.6. The Labute approximate surface area is 167 Å². The van der Waals surface area contributed by atoms with E-state index < -0.39 is 0 Å². The van der Waals surface area contributed by atoms with E-state index in [-0.39, 0.29) is 0 Å². The lowest BCUT2D eigenvalue weighted by Crippen LogP contribution is -2.45. The fraction of sp³-hybridized carbons (Fsp3) is 0.680. The van der Waals surface area contributed by atoms with Crippen molar-refractivity contribution in [2.24, 2.45) is 5.41 Å². The molecule has 1 saturated heterocycles. The highest BCUT2D eigenvalue weighted by molar-refractivity contribution is 5.43. The Morgan fingerprint density at radius 1 is 1.19 bits per heavy atom. The van der Waals surface area contributed by atoms with Crippen LogP contribution in [-0.4, -0.2) is 30.6 Å². The van der Waals surface area contributed by atoms with Crippen LogP contribution in [-0.2, 0) is 5.41 Å². The second-order valence-corrected chi connectivity index (χ2v) is 10.4. The number of likely N-dealkylation sites (tertiary alicyclic amines) is 1. The Bertz CT molecular complexity index is 645. The number of hydrogen-bond acceptors (Lipinski definition) is 2. The fourth-order valence-electron chi connectivity index (χ4n) is 5.05. The summed E-state index contributed by atoms with van der Waals surface area (Å²) in [6.07, 6.45) is 6.45. The van der Waals surface area contributed by atoms with Crippen molar-refractivity contribution in [2.75, 3.05) is 19.6 Å². The molecule has 27 heavy (non-hydrogen) atoms. The van der Waals surface area contributed by atoms with E-state index in [9.17, 15) is 0 Å². The van der Waals surface area contributed by atoms with Crippen LogP contribution in [0.25, 0.3) is 0 Å². The van der Waals surface area contributed by atoms with E-state index in [4.69, 9.17) is 0 Å². The van der Waals surface area contributed by atoms with Crippen molar-refractivity contribution in [3.63, 3.8) is 0 Å². The molecule has 0 amide bonds. The quantitative estimate of drug-likeness (QED) is 0.702. The number of benzene rings is 1. The van der Waals surface area contributed by atoms with Crippen LogP contribution in [0, 0.1) is 5.41 Å². The first kappa shape index (κ1) is 20.5. The Morgan fingerprint density at radius 2 is 1.85 bits per heavy atom. The molecule has 1 spiro atoms. The molecule has 1 aromatic rings. The summed E-state index contributed by atoms with van der Waals surface area (Å²) < 4.78 is 0. The van der Waals surface area contributed by atoms with Gasteiger partial charge in [0.15, 0.2) is 0 Å². The van der Waals surface area contributed by atoms with Crippen LogP contribution in [0.3, 0.4) is 0 Å². The largest absolute Gasteiger partial charge is 0.386 e. The van der Waals surface area contributed by atoms with Crippen molar-refractivity contribution in [1.29, 1.82) is 0 Å².